The van der Waals surface area contributed by atoms with Gasteiger partial charge in [-0.3, -0.25) is 4.79 Å². The smallest absolute Gasteiger partial charge is 0.155 e. The van der Waals surface area contributed by atoms with Gasteiger partial charge < -0.3 is 4.74 Å². The highest BCUT2D eigenvalue weighted by Gasteiger charge is 2.07. The largest absolute Gasteiger partial charge is 0.497 e. The van der Waals surface area contributed by atoms with Gasteiger partial charge in [0.05, 0.1) is 7.11 Å². The fraction of sp³-hybridized carbons (Fsp3) is 0.471. The molecule has 1 aliphatic rings. The van der Waals surface area contributed by atoms with Crippen molar-refractivity contribution in [2.24, 2.45) is 0 Å². The zero-order valence-electron chi connectivity index (χ0n) is 11.7. The number of hydrogen-bond donors (Lipinski definition) is 0. The molecule has 0 aliphatic heterocycles. The monoisotopic (exact) mass is 258 g/mol. The summed E-state index contributed by atoms with van der Waals surface area (Å²) in [5, 5.41) is 0. The van der Waals surface area contributed by atoms with Gasteiger partial charge in [0.15, 0.2) is 5.78 Å². The Bertz CT molecular complexity index is 435. The standard InChI is InChI=1S/C17H22O2/c1-19-17-11-8-14(9-12-17)7-10-16(18)13-15-5-3-2-4-6-15/h8-9,11-13H,2-7,10H2,1H3. The molecule has 0 heterocycles. The molecule has 0 bridgehead atoms. The van der Waals surface area contributed by atoms with Crippen molar-refractivity contribution in [3.63, 3.8) is 0 Å². The number of methoxy groups -OCH3 is 1. The normalized spacial score (nSPS) is 15.1. The van der Waals surface area contributed by atoms with E-state index in [0.29, 0.717) is 6.42 Å². The first-order valence-corrected chi connectivity index (χ1v) is 7.13. The second kappa shape index (κ2) is 7.13. The van der Waals surface area contributed by atoms with Crippen LogP contribution in [0, 0.1) is 0 Å². The first-order valence-electron chi connectivity index (χ1n) is 7.13. The molecule has 2 nitrogen and oxygen atoms in total. The van der Waals surface area contributed by atoms with Crippen LogP contribution in [-0.4, -0.2) is 12.9 Å². The van der Waals surface area contributed by atoms with E-state index in [1.54, 1.807) is 7.11 Å². The van der Waals surface area contributed by atoms with Crippen molar-refractivity contribution in [1.29, 1.82) is 0 Å². The van der Waals surface area contributed by atoms with Gasteiger partial charge in [-0.2, -0.15) is 0 Å². The highest BCUT2D eigenvalue weighted by molar-refractivity contribution is 5.90. The van der Waals surface area contributed by atoms with E-state index in [1.165, 1.54) is 30.4 Å². The second-order valence-electron chi connectivity index (χ2n) is 5.18. The van der Waals surface area contributed by atoms with Gasteiger partial charge in [-0.1, -0.05) is 24.1 Å². The summed E-state index contributed by atoms with van der Waals surface area (Å²) >= 11 is 0. The van der Waals surface area contributed by atoms with Crippen molar-refractivity contribution < 1.29 is 9.53 Å². The topological polar surface area (TPSA) is 26.3 Å². The molecule has 2 heteroatoms. The molecule has 1 saturated carbocycles. The maximum atomic E-state index is 11.9. The van der Waals surface area contributed by atoms with Crippen LogP contribution in [0.2, 0.25) is 0 Å². The highest BCUT2D eigenvalue weighted by Crippen LogP contribution is 2.23. The van der Waals surface area contributed by atoms with E-state index in [9.17, 15) is 4.79 Å². The Hall–Kier alpha value is -1.57. The Balaban J connectivity index is 1.82. The minimum absolute atomic E-state index is 0.271. The fourth-order valence-corrected chi connectivity index (χ4v) is 2.51. The predicted octanol–water partition coefficient (Wildman–Crippen LogP) is 4.09. The minimum atomic E-state index is 0.271. The van der Waals surface area contributed by atoms with Crippen molar-refractivity contribution >= 4 is 5.78 Å². The summed E-state index contributed by atoms with van der Waals surface area (Å²) < 4.78 is 5.12. The second-order valence-corrected chi connectivity index (χ2v) is 5.18. The van der Waals surface area contributed by atoms with E-state index in [-0.39, 0.29) is 5.78 Å². The number of allylic oxidation sites excluding steroid dienone is 2. The lowest BCUT2D eigenvalue weighted by Gasteiger charge is -2.12. The summed E-state index contributed by atoms with van der Waals surface area (Å²) in [7, 11) is 1.66. The molecule has 0 amide bonds. The summed E-state index contributed by atoms with van der Waals surface area (Å²) in [5.41, 5.74) is 2.54. The van der Waals surface area contributed by atoms with Crippen molar-refractivity contribution in [3.8, 4) is 5.75 Å². The van der Waals surface area contributed by atoms with Gasteiger partial charge in [0, 0.05) is 6.42 Å². The Morgan fingerprint density at radius 3 is 2.47 bits per heavy atom. The summed E-state index contributed by atoms with van der Waals surface area (Å²) in [6, 6.07) is 7.94. The quantitative estimate of drug-likeness (QED) is 0.744. The van der Waals surface area contributed by atoms with Gasteiger partial charge in [0.25, 0.3) is 0 Å². The van der Waals surface area contributed by atoms with Crippen molar-refractivity contribution in [2.75, 3.05) is 7.11 Å². The number of ketones is 1. The van der Waals surface area contributed by atoms with Crippen LogP contribution in [0.25, 0.3) is 0 Å². The third kappa shape index (κ3) is 4.55. The molecule has 0 saturated heterocycles. The number of rotatable bonds is 5. The summed E-state index contributed by atoms with van der Waals surface area (Å²) in [6.45, 7) is 0. The molecular weight excluding hydrogens is 236 g/mol. The van der Waals surface area contributed by atoms with Crippen LogP contribution in [0.1, 0.15) is 44.1 Å². The van der Waals surface area contributed by atoms with Crippen LogP contribution in [0.3, 0.4) is 0 Å². The van der Waals surface area contributed by atoms with E-state index in [1.807, 2.05) is 30.3 Å². The van der Waals surface area contributed by atoms with Crippen LogP contribution >= 0.6 is 0 Å². The average Bonchev–Trinajstić information content (AvgIpc) is 2.47. The lowest BCUT2D eigenvalue weighted by molar-refractivity contribution is -0.114. The van der Waals surface area contributed by atoms with E-state index in [4.69, 9.17) is 4.74 Å². The number of hydrogen-bond acceptors (Lipinski definition) is 2. The summed E-state index contributed by atoms with van der Waals surface area (Å²) in [4.78, 5) is 11.9. The molecule has 0 spiro atoms. The van der Waals surface area contributed by atoms with Crippen LogP contribution in [0.15, 0.2) is 35.9 Å². The molecule has 2 rings (SSSR count). The molecule has 1 fully saturated rings. The molecular formula is C17H22O2. The zero-order valence-corrected chi connectivity index (χ0v) is 11.7. The lowest BCUT2D eigenvalue weighted by atomic mass is 9.93. The zero-order chi connectivity index (χ0) is 13.5. The number of carbonyl (C=O) groups excluding carboxylic acids is 1. The van der Waals surface area contributed by atoms with Crippen LogP contribution in [0.5, 0.6) is 5.75 Å². The van der Waals surface area contributed by atoms with Gasteiger partial charge in [-0.25, -0.2) is 0 Å². The first-order chi connectivity index (χ1) is 9.28. The van der Waals surface area contributed by atoms with E-state index >= 15 is 0 Å². The van der Waals surface area contributed by atoms with E-state index < -0.39 is 0 Å². The third-order valence-corrected chi connectivity index (χ3v) is 3.68. The molecule has 0 N–H and O–H groups in total. The van der Waals surface area contributed by atoms with E-state index in [0.717, 1.165) is 25.0 Å². The van der Waals surface area contributed by atoms with Crippen molar-refractivity contribution in [3.05, 3.63) is 41.5 Å². The molecule has 1 aromatic rings. The van der Waals surface area contributed by atoms with Crippen LogP contribution < -0.4 is 4.74 Å². The van der Waals surface area contributed by atoms with Gasteiger partial charge in [-0.15, -0.1) is 0 Å². The minimum Gasteiger partial charge on any atom is -0.497 e. The van der Waals surface area contributed by atoms with E-state index in [2.05, 4.69) is 0 Å². The fourth-order valence-electron chi connectivity index (χ4n) is 2.51. The van der Waals surface area contributed by atoms with Gasteiger partial charge in [0.2, 0.25) is 0 Å². The summed E-state index contributed by atoms with van der Waals surface area (Å²) in [6.07, 6.45) is 9.36. The Labute approximate surface area is 115 Å². The number of carbonyl (C=O) groups is 1. The van der Waals surface area contributed by atoms with Gasteiger partial charge >= 0.3 is 0 Å². The predicted molar refractivity (Wildman–Crippen MR) is 77.5 cm³/mol. The average molecular weight is 258 g/mol. The van der Waals surface area contributed by atoms with Gasteiger partial charge in [0.1, 0.15) is 5.75 Å². The Morgan fingerprint density at radius 1 is 1.16 bits per heavy atom. The summed E-state index contributed by atoms with van der Waals surface area (Å²) in [5.74, 6) is 1.13. The molecule has 1 aliphatic carbocycles. The first kappa shape index (κ1) is 13.9. The Kier molecular flexibility index (Phi) is 5.20. The lowest BCUT2D eigenvalue weighted by Crippen LogP contribution is -2.01. The van der Waals surface area contributed by atoms with Gasteiger partial charge in [-0.05, 0) is 55.9 Å². The van der Waals surface area contributed by atoms with Crippen molar-refractivity contribution in [1.82, 2.24) is 0 Å². The molecule has 19 heavy (non-hydrogen) atoms. The molecule has 0 radical (unpaired) electrons. The number of ether oxygens (including phenoxy) is 1. The number of aryl methyl sites for hydroxylation is 1. The van der Waals surface area contributed by atoms with Crippen LogP contribution in [0.4, 0.5) is 0 Å². The SMILES string of the molecule is COc1ccc(CCC(=O)C=C2CCCCC2)cc1. The number of benzene rings is 1. The highest BCUT2D eigenvalue weighted by atomic mass is 16.5. The third-order valence-electron chi connectivity index (χ3n) is 3.68. The maximum absolute atomic E-state index is 11.9. The molecule has 102 valence electrons. The maximum Gasteiger partial charge on any atom is 0.155 e. The molecule has 0 unspecified atom stereocenters. The van der Waals surface area contributed by atoms with Crippen LogP contribution in [-0.2, 0) is 11.2 Å². The Morgan fingerprint density at radius 2 is 1.84 bits per heavy atom. The molecule has 0 aromatic heterocycles. The molecule has 1 aromatic carbocycles. The van der Waals surface area contributed by atoms with Crippen molar-refractivity contribution in [2.45, 2.75) is 44.9 Å². The molecule has 0 atom stereocenters.